The monoisotopic (exact) mass is 511 g/mol. The summed E-state index contributed by atoms with van der Waals surface area (Å²) in [5.41, 5.74) is 1.40. The van der Waals surface area contributed by atoms with Crippen molar-refractivity contribution in [1.29, 1.82) is 0 Å². The average molecular weight is 512 g/mol. The summed E-state index contributed by atoms with van der Waals surface area (Å²) in [5, 5.41) is 2.67. The zero-order valence-electron chi connectivity index (χ0n) is 20.5. The van der Waals surface area contributed by atoms with E-state index in [4.69, 9.17) is 0 Å². The van der Waals surface area contributed by atoms with E-state index in [1.807, 2.05) is 6.92 Å². The van der Waals surface area contributed by atoms with Crippen molar-refractivity contribution in [3.05, 3.63) is 95.8 Å². The molecule has 3 aromatic carbocycles. The Morgan fingerprint density at radius 1 is 0.944 bits per heavy atom. The smallest absolute Gasteiger partial charge is 0.264 e. The van der Waals surface area contributed by atoms with E-state index >= 15 is 0 Å². The molecule has 0 saturated carbocycles. The molecule has 3 aromatic rings. The number of sulfonamides is 1. The van der Waals surface area contributed by atoms with Crippen molar-refractivity contribution in [2.24, 2.45) is 0 Å². The van der Waals surface area contributed by atoms with Crippen LogP contribution in [0.25, 0.3) is 0 Å². The standard InChI is InChI=1S/C27H30FN3O4S/c1-4-29-27(33)21(3)30(18-22-10-8-9-13-25(22)28)26(32)19-31(23-11-6-5-7-12-23)36(34,35)24-16-14-20(2)15-17-24/h5-17,21H,4,18-19H2,1-3H3,(H,29,33)/t21-/m1/s1. The van der Waals surface area contributed by atoms with Crippen LogP contribution in [-0.4, -0.2) is 44.3 Å². The van der Waals surface area contributed by atoms with Gasteiger partial charge in [0.15, 0.2) is 0 Å². The number of para-hydroxylation sites is 1. The van der Waals surface area contributed by atoms with Crippen molar-refractivity contribution in [3.8, 4) is 0 Å². The number of carbonyl (C=O) groups is 2. The summed E-state index contributed by atoms with van der Waals surface area (Å²) in [6, 6.07) is 19.6. The van der Waals surface area contributed by atoms with E-state index in [1.54, 1.807) is 55.5 Å². The minimum Gasteiger partial charge on any atom is -0.355 e. The Hall–Kier alpha value is -3.72. The van der Waals surface area contributed by atoms with Crippen LogP contribution in [0.5, 0.6) is 0 Å². The quantitative estimate of drug-likeness (QED) is 0.448. The lowest BCUT2D eigenvalue weighted by Gasteiger charge is -2.32. The van der Waals surface area contributed by atoms with E-state index in [2.05, 4.69) is 5.32 Å². The molecule has 0 heterocycles. The van der Waals surface area contributed by atoms with Crippen molar-refractivity contribution in [1.82, 2.24) is 10.2 Å². The number of likely N-dealkylation sites (N-methyl/N-ethyl adjacent to an activating group) is 1. The van der Waals surface area contributed by atoms with Crippen LogP contribution in [0.3, 0.4) is 0 Å². The van der Waals surface area contributed by atoms with Crippen LogP contribution in [0.2, 0.25) is 0 Å². The number of aryl methyl sites for hydroxylation is 1. The van der Waals surface area contributed by atoms with Gasteiger partial charge in [0.2, 0.25) is 11.8 Å². The molecule has 0 unspecified atom stereocenters. The number of nitrogens with zero attached hydrogens (tertiary/aromatic N) is 2. The van der Waals surface area contributed by atoms with Crippen LogP contribution in [0, 0.1) is 12.7 Å². The maximum absolute atomic E-state index is 14.5. The van der Waals surface area contributed by atoms with Gasteiger partial charge in [-0.15, -0.1) is 0 Å². The number of carbonyl (C=O) groups excluding carboxylic acids is 2. The van der Waals surface area contributed by atoms with Gasteiger partial charge >= 0.3 is 0 Å². The fraction of sp³-hybridized carbons (Fsp3) is 0.259. The number of rotatable bonds is 10. The summed E-state index contributed by atoms with van der Waals surface area (Å²) in [7, 11) is -4.13. The molecular weight excluding hydrogens is 481 g/mol. The molecule has 190 valence electrons. The second-order valence-corrected chi connectivity index (χ2v) is 10.2. The normalized spacial score (nSPS) is 12.0. The zero-order valence-corrected chi connectivity index (χ0v) is 21.3. The third-order valence-electron chi connectivity index (χ3n) is 5.75. The van der Waals surface area contributed by atoms with E-state index in [-0.39, 0.29) is 17.0 Å². The summed E-state index contributed by atoms with van der Waals surface area (Å²) in [6.07, 6.45) is 0. The second kappa shape index (κ2) is 11.8. The maximum atomic E-state index is 14.5. The van der Waals surface area contributed by atoms with Crippen LogP contribution < -0.4 is 9.62 Å². The molecule has 2 amide bonds. The molecule has 36 heavy (non-hydrogen) atoms. The van der Waals surface area contributed by atoms with Gasteiger partial charge in [0.25, 0.3) is 10.0 Å². The highest BCUT2D eigenvalue weighted by Crippen LogP contribution is 2.25. The van der Waals surface area contributed by atoms with E-state index in [0.717, 1.165) is 9.87 Å². The number of anilines is 1. The minimum atomic E-state index is -4.13. The molecule has 0 aliphatic heterocycles. The van der Waals surface area contributed by atoms with E-state index < -0.39 is 40.2 Å². The summed E-state index contributed by atoms with van der Waals surface area (Å²) in [5.74, 6) is -1.59. The van der Waals surface area contributed by atoms with Gasteiger partial charge in [0.05, 0.1) is 10.6 Å². The fourth-order valence-electron chi connectivity index (χ4n) is 3.68. The van der Waals surface area contributed by atoms with Gasteiger partial charge in [-0.3, -0.25) is 13.9 Å². The minimum absolute atomic E-state index is 0.0298. The first-order valence-electron chi connectivity index (χ1n) is 11.6. The van der Waals surface area contributed by atoms with Crippen LogP contribution in [-0.2, 0) is 26.2 Å². The molecule has 0 radical (unpaired) electrons. The van der Waals surface area contributed by atoms with Crippen molar-refractivity contribution < 1.29 is 22.4 Å². The van der Waals surface area contributed by atoms with E-state index in [0.29, 0.717) is 12.2 Å². The third kappa shape index (κ3) is 6.28. The largest absolute Gasteiger partial charge is 0.355 e. The highest BCUT2D eigenvalue weighted by molar-refractivity contribution is 7.92. The van der Waals surface area contributed by atoms with Crippen molar-refractivity contribution in [2.75, 3.05) is 17.4 Å². The van der Waals surface area contributed by atoms with Gasteiger partial charge in [-0.25, -0.2) is 12.8 Å². The molecule has 1 N–H and O–H groups in total. The van der Waals surface area contributed by atoms with Crippen molar-refractivity contribution in [3.63, 3.8) is 0 Å². The molecule has 0 fully saturated rings. The first-order valence-corrected chi connectivity index (χ1v) is 13.0. The molecule has 9 heteroatoms. The Kier molecular flexibility index (Phi) is 8.82. The Labute approximate surface area is 211 Å². The van der Waals surface area contributed by atoms with Crippen molar-refractivity contribution >= 4 is 27.5 Å². The molecule has 0 aromatic heterocycles. The lowest BCUT2D eigenvalue weighted by atomic mass is 10.1. The summed E-state index contributed by atoms with van der Waals surface area (Å²) >= 11 is 0. The highest BCUT2D eigenvalue weighted by atomic mass is 32.2. The first-order chi connectivity index (χ1) is 17.1. The number of hydrogen-bond acceptors (Lipinski definition) is 4. The van der Waals surface area contributed by atoms with Crippen LogP contribution in [0.4, 0.5) is 10.1 Å². The third-order valence-corrected chi connectivity index (χ3v) is 7.54. The molecule has 0 bridgehead atoms. The summed E-state index contributed by atoms with van der Waals surface area (Å²) in [4.78, 5) is 27.5. The lowest BCUT2D eigenvalue weighted by molar-refractivity contribution is -0.139. The summed E-state index contributed by atoms with van der Waals surface area (Å²) in [6.45, 7) is 4.71. The number of halogens is 1. The topological polar surface area (TPSA) is 86.8 Å². The molecule has 3 rings (SSSR count). The fourth-order valence-corrected chi connectivity index (χ4v) is 5.09. The highest BCUT2D eigenvalue weighted by Gasteiger charge is 2.32. The van der Waals surface area contributed by atoms with Gasteiger partial charge in [-0.1, -0.05) is 54.1 Å². The number of nitrogens with one attached hydrogen (secondary N) is 1. The molecule has 1 atom stereocenters. The molecule has 7 nitrogen and oxygen atoms in total. The Morgan fingerprint density at radius 3 is 2.17 bits per heavy atom. The Bertz CT molecular complexity index is 1300. The van der Waals surface area contributed by atoms with Gasteiger partial charge in [-0.2, -0.15) is 0 Å². The van der Waals surface area contributed by atoms with Crippen LogP contribution in [0.15, 0.2) is 83.8 Å². The van der Waals surface area contributed by atoms with E-state index in [1.165, 1.54) is 42.2 Å². The van der Waals surface area contributed by atoms with Crippen LogP contribution >= 0.6 is 0 Å². The predicted octanol–water partition coefficient (Wildman–Crippen LogP) is 3.88. The van der Waals surface area contributed by atoms with Crippen molar-refractivity contribution in [2.45, 2.75) is 38.3 Å². The molecule has 0 saturated heterocycles. The van der Waals surface area contributed by atoms with Crippen LogP contribution in [0.1, 0.15) is 25.0 Å². The molecule has 0 spiro atoms. The zero-order chi connectivity index (χ0) is 26.3. The van der Waals surface area contributed by atoms with Gasteiger partial charge in [0, 0.05) is 18.7 Å². The van der Waals surface area contributed by atoms with Gasteiger partial charge in [-0.05, 0) is 51.1 Å². The van der Waals surface area contributed by atoms with Gasteiger partial charge in [0.1, 0.15) is 18.4 Å². The first kappa shape index (κ1) is 26.9. The van der Waals surface area contributed by atoms with E-state index in [9.17, 15) is 22.4 Å². The average Bonchev–Trinajstić information content (AvgIpc) is 2.87. The summed E-state index contributed by atoms with van der Waals surface area (Å²) < 4.78 is 42.7. The lowest BCUT2D eigenvalue weighted by Crippen LogP contribution is -2.51. The number of hydrogen-bond donors (Lipinski definition) is 1. The Morgan fingerprint density at radius 2 is 1.56 bits per heavy atom. The maximum Gasteiger partial charge on any atom is 0.264 e. The Balaban J connectivity index is 2.01. The number of amides is 2. The van der Waals surface area contributed by atoms with Gasteiger partial charge < -0.3 is 10.2 Å². The molecule has 0 aliphatic carbocycles. The number of benzene rings is 3. The molecular formula is C27H30FN3O4S. The molecule has 0 aliphatic rings. The second-order valence-electron chi connectivity index (χ2n) is 8.34. The SMILES string of the molecule is CCNC(=O)[C@@H](C)N(Cc1ccccc1F)C(=O)CN(c1ccccc1)S(=O)(=O)c1ccc(C)cc1. The predicted molar refractivity (Wildman–Crippen MR) is 137 cm³/mol.